The van der Waals surface area contributed by atoms with Gasteiger partial charge in [-0.2, -0.15) is 0 Å². The molecule has 0 aliphatic carbocycles. The lowest BCUT2D eigenvalue weighted by Gasteiger charge is -2.25. The van der Waals surface area contributed by atoms with E-state index in [1.807, 2.05) is 12.1 Å². The van der Waals surface area contributed by atoms with E-state index in [0.29, 0.717) is 6.79 Å². The van der Waals surface area contributed by atoms with Crippen molar-refractivity contribution >= 4 is 11.3 Å². The lowest BCUT2D eigenvalue weighted by Crippen LogP contribution is -2.29. The molecule has 0 amide bonds. The van der Waals surface area contributed by atoms with Crippen molar-refractivity contribution in [3.05, 3.63) is 29.3 Å². The molecule has 5 heteroatoms. The van der Waals surface area contributed by atoms with Gasteiger partial charge in [0, 0.05) is 17.5 Å². The number of fused-ring (bicyclic) bond motifs is 1. The van der Waals surface area contributed by atoms with E-state index < -0.39 is 0 Å². The number of aromatic nitrogens is 1. The van der Waals surface area contributed by atoms with Crippen molar-refractivity contribution < 1.29 is 9.47 Å². The normalized spacial score (nSPS) is 18.1. The molecule has 2 aliphatic rings. The summed E-state index contributed by atoms with van der Waals surface area (Å²) in [6.45, 7) is 3.70. The van der Waals surface area contributed by atoms with E-state index >= 15 is 0 Å². The third kappa shape index (κ3) is 2.76. The van der Waals surface area contributed by atoms with E-state index in [4.69, 9.17) is 14.5 Å². The summed E-state index contributed by atoms with van der Waals surface area (Å²) in [7, 11) is 0. The van der Waals surface area contributed by atoms with Gasteiger partial charge >= 0.3 is 0 Å². The fourth-order valence-electron chi connectivity index (χ4n) is 2.89. The van der Waals surface area contributed by atoms with Crippen molar-refractivity contribution in [3.63, 3.8) is 0 Å². The van der Waals surface area contributed by atoms with Crippen molar-refractivity contribution in [2.75, 3.05) is 19.9 Å². The van der Waals surface area contributed by atoms with Crippen LogP contribution >= 0.6 is 11.3 Å². The van der Waals surface area contributed by atoms with Gasteiger partial charge in [0.2, 0.25) is 6.79 Å². The molecule has 21 heavy (non-hydrogen) atoms. The minimum atomic E-state index is 0.316. The molecule has 110 valence electrons. The quantitative estimate of drug-likeness (QED) is 0.869. The van der Waals surface area contributed by atoms with E-state index in [-0.39, 0.29) is 0 Å². The SMILES string of the molecule is c1cc2c(cc1-c1nc(CN3CCCCC3)cs1)OCO2. The fourth-order valence-corrected chi connectivity index (χ4v) is 3.70. The van der Waals surface area contributed by atoms with Gasteiger partial charge < -0.3 is 9.47 Å². The Balaban J connectivity index is 1.51. The molecule has 0 unspecified atom stereocenters. The average Bonchev–Trinajstić information content (AvgIpc) is 3.16. The van der Waals surface area contributed by atoms with Crippen molar-refractivity contribution in [3.8, 4) is 22.1 Å². The van der Waals surface area contributed by atoms with Crippen LogP contribution in [0.2, 0.25) is 0 Å². The maximum Gasteiger partial charge on any atom is 0.231 e. The van der Waals surface area contributed by atoms with Crippen LogP contribution in [-0.4, -0.2) is 29.8 Å². The Bertz CT molecular complexity index is 635. The summed E-state index contributed by atoms with van der Waals surface area (Å²) >= 11 is 1.70. The topological polar surface area (TPSA) is 34.6 Å². The van der Waals surface area contributed by atoms with Gasteiger partial charge in [-0.3, -0.25) is 4.90 Å². The van der Waals surface area contributed by atoms with Gasteiger partial charge in [0.15, 0.2) is 11.5 Å². The Kier molecular flexibility index (Phi) is 3.53. The van der Waals surface area contributed by atoms with Crippen molar-refractivity contribution in [1.82, 2.24) is 9.88 Å². The second-order valence-corrected chi connectivity index (χ2v) is 6.41. The van der Waals surface area contributed by atoms with Gasteiger partial charge in [-0.25, -0.2) is 4.98 Å². The predicted molar refractivity (Wildman–Crippen MR) is 82.8 cm³/mol. The number of hydrogen-bond donors (Lipinski definition) is 0. The van der Waals surface area contributed by atoms with Crippen LogP contribution in [0.25, 0.3) is 10.6 Å². The number of ether oxygens (including phenoxy) is 2. The first-order chi connectivity index (χ1) is 10.4. The molecule has 0 bridgehead atoms. The average molecular weight is 302 g/mol. The highest BCUT2D eigenvalue weighted by atomic mass is 32.1. The third-order valence-corrected chi connectivity index (χ3v) is 4.95. The number of hydrogen-bond acceptors (Lipinski definition) is 5. The van der Waals surface area contributed by atoms with Gasteiger partial charge in [0.25, 0.3) is 0 Å². The molecule has 2 aliphatic heterocycles. The number of likely N-dealkylation sites (tertiary alicyclic amines) is 1. The molecule has 1 fully saturated rings. The van der Waals surface area contributed by atoms with Crippen LogP contribution in [0.3, 0.4) is 0 Å². The zero-order chi connectivity index (χ0) is 14.1. The molecule has 0 radical (unpaired) electrons. The van der Waals surface area contributed by atoms with Crippen molar-refractivity contribution in [2.24, 2.45) is 0 Å². The molecule has 0 spiro atoms. The van der Waals surface area contributed by atoms with E-state index in [9.17, 15) is 0 Å². The lowest BCUT2D eigenvalue weighted by atomic mass is 10.1. The number of rotatable bonds is 3. The van der Waals surface area contributed by atoms with E-state index in [1.54, 1.807) is 11.3 Å². The van der Waals surface area contributed by atoms with Gasteiger partial charge in [0.1, 0.15) is 5.01 Å². The Labute approximate surface area is 128 Å². The minimum absolute atomic E-state index is 0.316. The zero-order valence-electron chi connectivity index (χ0n) is 11.9. The molecular formula is C16H18N2O2S. The maximum atomic E-state index is 5.44. The van der Waals surface area contributed by atoms with Crippen molar-refractivity contribution in [2.45, 2.75) is 25.8 Å². The predicted octanol–water partition coefficient (Wildman–Crippen LogP) is 3.52. The van der Waals surface area contributed by atoms with Crippen LogP contribution < -0.4 is 9.47 Å². The Morgan fingerprint density at radius 1 is 1.10 bits per heavy atom. The largest absolute Gasteiger partial charge is 0.454 e. The number of piperidine rings is 1. The summed E-state index contributed by atoms with van der Waals surface area (Å²) in [5.74, 6) is 1.64. The Morgan fingerprint density at radius 2 is 1.95 bits per heavy atom. The number of nitrogens with zero attached hydrogens (tertiary/aromatic N) is 2. The molecule has 1 aromatic carbocycles. The molecule has 0 N–H and O–H groups in total. The first-order valence-electron chi connectivity index (χ1n) is 7.45. The molecule has 0 saturated carbocycles. The van der Waals surface area contributed by atoms with Crippen LogP contribution in [0.15, 0.2) is 23.6 Å². The molecule has 4 rings (SSSR count). The van der Waals surface area contributed by atoms with Gasteiger partial charge in [-0.15, -0.1) is 11.3 Å². The van der Waals surface area contributed by atoms with Crippen molar-refractivity contribution in [1.29, 1.82) is 0 Å². The summed E-state index contributed by atoms with van der Waals surface area (Å²) < 4.78 is 10.8. The van der Waals surface area contributed by atoms with E-state index in [2.05, 4.69) is 16.3 Å². The zero-order valence-corrected chi connectivity index (χ0v) is 12.7. The van der Waals surface area contributed by atoms with E-state index in [1.165, 1.54) is 38.0 Å². The van der Waals surface area contributed by atoms with Gasteiger partial charge in [0.05, 0.1) is 5.69 Å². The standard InChI is InChI=1S/C16H18N2O2S/c1-2-6-18(7-3-1)9-13-10-21-16(17-13)12-4-5-14-15(8-12)20-11-19-14/h4-5,8,10H,1-3,6-7,9,11H2. The summed E-state index contributed by atoms with van der Waals surface area (Å²) in [6.07, 6.45) is 4.01. The second kappa shape index (κ2) is 5.66. The molecular weight excluding hydrogens is 284 g/mol. The van der Waals surface area contributed by atoms with Crippen LogP contribution in [0.1, 0.15) is 25.0 Å². The number of thiazole rings is 1. The van der Waals surface area contributed by atoms with Gasteiger partial charge in [-0.1, -0.05) is 6.42 Å². The van der Waals surface area contributed by atoms with E-state index in [0.717, 1.165) is 28.6 Å². The first kappa shape index (κ1) is 13.1. The lowest BCUT2D eigenvalue weighted by molar-refractivity contribution is 0.174. The van der Waals surface area contributed by atoms with Crippen LogP contribution in [0.4, 0.5) is 0 Å². The fraction of sp³-hybridized carbons (Fsp3) is 0.438. The monoisotopic (exact) mass is 302 g/mol. The summed E-state index contributed by atoms with van der Waals surface area (Å²) in [5.41, 5.74) is 2.28. The second-order valence-electron chi connectivity index (χ2n) is 5.55. The molecule has 1 aromatic heterocycles. The number of benzene rings is 1. The minimum Gasteiger partial charge on any atom is -0.454 e. The summed E-state index contributed by atoms with van der Waals surface area (Å²) in [6, 6.07) is 6.03. The Hall–Kier alpha value is -1.59. The summed E-state index contributed by atoms with van der Waals surface area (Å²) in [4.78, 5) is 7.28. The van der Waals surface area contributed by atoms with Crippen LogP contribution in [0.5, 0.6) is 11.5 Å². The molecule has 3 heterocycles. The summed E-state index contributed by atoms with van der Waals surface area (Å²) in [5, 5.41) is 3.23. The van der Waals surface area contributed by atoms with Crippen LogP contribution in [-0.2, 0) is 6.54 Å². The maximum absolute atomic E-state index is 5.44. The third-order valence-electron chi connectivity index (χ3n) is 4.01. The Morgan fingerprint density at radius 3 is 2.86 bits per heavy atom. The molecule has 0 atom stereocenters. The highest BCUT2D eigenvalue weighted by molar-refractivity contribution is 7.13. The molecule has 2 aromatic rings. The molecule has 1 saturated heterocycles. The highest BCUT2D eigenvalue weighted by Gasteiger charge is 2.16. The first-order valence-corrected chi connectivity index (χ1v) is 8.33. The smallest absolute Gasteiger partial charge is 0.231 e. The van der Waals surface area contributed by atoms with Crippen LogP contribution in [0, 0.1) is 0 Å². The molecule has 4 nitrogen and oxygen atoms in total. The van der Waals surface area contributed by atoms with Gasteiger partial charge in [-0.05, 0) is 44.1 Å². The highest BCUT2D eigenvalue weighted by Crippen LogP contribution is 2.36.